The van der Waals surface area contributed by atoms with Gasteiger partial charge in [0.15, 0.2) is 0 Å². The van der Waals surface area contributed by atoms with E-state index >= 15 is 0 Å². The molecule has 2 heterocycles. The van der Waals surface area contributed by atoms with Gasteiger partial charge >= 0.3 is 0 Å². The Labute approximate surface area is 399 Å². The zero-order valence-electron chi connectivity index (χ0n) is 37.6. The summed E-state index contributed by atoms with van der Waals surface area (Å²) in [6, 6.07) is 92.5. The first kappa shape index (κ1) is 39.0. The van der Waals surface area contributed by atoms with E-state index in [0.29, 0.717) is 0 Å². The van der Waals surface area contributed by atoms with Crippen LogP contribution in [0.1, 0.15) is 0 Å². The predicted molar refractivity (Wildman–Crippen MR) is 292 cm³/mol. The fourth-order valence-corrected chi connectivity index (χ4v) is 10.9. The molecule has 0 aliphatic heterocycles. The summed E-state index contributed by atoms with van der Waals surface area (Å²) in [5, 5.41) is 12.0. The van der Waals surface area contributed by atoms with Crippen molar-refractivity contribution in [3.63, 3.8) is 0 Å². The highest BCUT2D eigenvalue weighted by atomic mass is 16.3. The molecule has 0 saturated heterocycles. The topological polar surface area (TPSA) is 21.3 Å². The molecule has 69 heavy (non-hydrogen) atoms. The Morgan fingerprint density at radius 2 is 0.841 bits per heavy atom. The molecule has 0 atom stereocenters. The number of para-hydroxylation sites is 4. The quantitative estimate of drug-likeness (QED) is 0.149. The number of anilines is 3. The van der Waals surface area contributed by atoms with Crippen molar-refractivity contribution in [2.45, 2.75) is 0 Å². The summed E-state index contributed by atoms with van der Waals surface area (Å²) in [4.78, 5) is 2.41. The van der Waals surface area contributed by atoms with Gasteiger partial charge in [-0.05, 0) is 116 Å². The van der Waals surface area contributed by atoms with Crippen LogP contribution < -0.4 is 4.90 Å². The molecule has 0 bridgehead atoms. The first-order chi connectivity index (χ1) is 34.2. The Hall–Kier alpha value is -9.18. The number of aromatic nitrogens is 1. The molecule has 2 aromatic heterocycles. The monoisotopic (exact) mass is 878 g/mol. The van der Waals surface area contributed by atoms with E-state index < -0.39 is 0 Å². The molecule has 0 radical (unpaired) electrons. The number of benzene rings is 12. The van der Waals surface area contributed by atoms with Crippen molar-refractivity contribution >= 4 is 93.1 Å². The summed E-state index contributed by atoms with van der Waals surface area (Å²) in [5.41, 5.74) is 15.3. The van der Waals surface area contributed by atoms with E-state index in [1.807, 2.05) is 0 Å². The average molecular weight is 879 g/mol. The summed E-state index contributed by atoms with van der Waals surface area (Å²) in [6.07, 6.45) is 0. The fourth-order valence-electron chi connectivity index (χ4n) is 10.9. The lowest BCUT2D eigenvalue weighted by atomic mass is 9.95. The molecule has 14 aromatic rings. The third-order valence-electron chi connectivity index (χ3n) is 14.1. The largest absolute Gasteiger partial charge is 0.455 e. The molecule has 3 nitrogen and oxygen atoms in total. The van der Waals surface area contributed by atoms with Crippen molar-refractivity contribution in [3.8, 4) is 39.1 Å². The molecule has 12 aromatic carbocycles. The lowest BCUT2D eigenvalue weighted by Crippen LogP contribution is -2.11. The number of nitrogens with zero attached hydrogens (tertiary/aromatic N) is 2. The lowest BCUT2D eigenvalue weighted by Gasteiger charge is -2.28. The van der Waals surface area contributed by atoms with Crippen LogP contribution in [0.15, 0.2) is 259 Å². The van der Waals surface area contributed by atoms with Gasteiger partial charge in [0.05, 0.1) is 16.7 Å². The Kier molecular flexibility index (Phi) is 8.90. The molecule has 322 valence electrons. The number of furan rings is 1. The minimum Gasteiger partial charge on any atom is -0.455 e. The van der Waals surface area contributed by atoms with E-state index in [4.69, 9.17) is 4.42 Å². The smallest absolute Gasteiger partial charge is 0.143 e. The third-order valence-corrected chi connectivity index (χ3v) is 14.1. The van der Waals surface area contributed by atoms with E-state index in [1.54, 1.807) is 0 Å². The lowest BCUT2D eigenvalue weighted by molar-refractivity contribution is 0.674. The normalized spacial score (nSPS) is 11.8. The number of hydrogen-bond acceptors (Lipinski definition) is 2. The molecule has 3 heteroatoms. The first-order valence-electron chi connectivity index (χ1n) is 23.7. The van der Waals surface area contributed by atoms with Crippen LogP contribution >= 0.6 is 0 Å². The van der Waals surface area contributed by atoms with E-state index in [0.717, 1.165) is 83.5 Å². The second-order valence-electron chi connectivity index (χ2n) is 18.0. The first-order valence-corrected chi connectivity index (χ1v) is 23.7. The molecule has 0 spiro atoms. The van der Waals surface area contributed by atoms with E-state index in [1.165, 1.54) is 48.7 Å². The highest BCUT2D eigenvalue weighted by Gasteiger charge is 2.21. The van der Waals surface area contributed by atoms with Gasteiger partial charge in [-0.15, -0.1) is 0 Å². The van der Waals surface area contributed by atoms with Crippen LogP contribution in [0.25, 0.3) is 115 Å². The van der Waals surface area contributed by atoms with Gasteiger partial charge in [0.1, 0.15) is 11.2 Å². The van der Waals surface area contributed by atoms with Crippen LogP contribution in [0.5, 0.6) is 0 Å². The Morgan fingerprint density at radius 1 is 0.290 bits per heavy atom. The van der Waals surface area contributed by atoms with Crippen LogP contribution in [0.4, 0.5) is 17.1 Å². The maximum atomic E-state index is 6.87. The maximum absolute atomic E-state index is 6.87. The van der Waals surface area contributed by atoms with Crippen molar-refractivity contribution in [2.24, 2.45) is 0 Å². The molecule has 0 aliphatic rings. The summed E-state index contributed by atoms with van der Waals surface area (Å²) in [7, 11) is 0. The average Bonchev–Trinajstić information content (AvgIpc) is 3.98. The van der Waals surface area contributed by atoms with Crippen LogP contribution in [0.3, 0.4) is 0 Å². The van der Waals surface area contributed by atoms with Gasteiger partial charge in [-0.3, -0.25) is 0 Å². The zero-order chi connectivity index (χ0) is 45.4. The van der Waals surface area contributed by atoms with Crippen molar-refractivity contribution in [1.82, 2.24) is 4.57 Å². The van der Waals surface area contributed by atoms with Gasteiger partial charge in [0.2, 0.25) is 0 Å². The molecular weight excluding hydrogens is 837 g/mol. The van der Waals surface area contributed by atoms with Crippen molar-refractivity contribution in [3.05, 3.63) is 255 Å². The summed E-state index contributed by atoms with van der Waals surface area (Å²) >= 11 is 0. The second-order valence-corrected chi connectivity index (χ2v) is 18.0. The van der Waals surface area contributed by atoms with E-state index in [2.05, 4.69) is 264 Å². The molecule has 0 saturated carbocycles. The second kappa shape index (κ2) is 15.7. The number of fused-ring (bicyclic) bond motifs is 11. The fraction of sp³-hybridized carbons (Fsp3) is 0. The molecule has 0 fully saturated rings. The third kappa shape index (κ3) is 6.36. The summed E-state index contributed by atoms with van der Waals surface area (Å²) in [5.74, 6) is 0. The molecule has 14 rings (SSSR count). The minimum atomic E-state index is 0.893. The standard InChI is InChI=1S/C66H42N2O/c1-3-20-53-44(14-1)30-31-48-40-49(35-38-54(48)53)55-21-5-8-27-62(55)67(51-18-12-17-47(42-51)57-25-13-26-60-61-39-34-45-15-2-4-22-56(45)65(61)69-66(57)60)50-36-32-43(33-37-50)46-16-11-19-52(41-46)68-63-28-9-6-23-58(63)59-24-7-10-29-64(59)68/h1-42H. The van der Waals surface area contributed by atoms with Gasteiger partial charge < -0.3 is 13.9 Å². The Balaban J connectivity index is 0.916. The van der Waals surface area contributed by atoms with Crippen LogP contribution in [-0.2, 0) is 0 Å². The minimum absolute atomic E-state index is 0.893. The predicted octanol–water partition coefficient (Wildman–Crippen LogP) is 18.6. The van der Waals surface area contributed by atoms with Crippen molar-refractivity contribution < 1.29 is 4.42 Å². The van der Waals surface area contributed by atoms with Gasteiger partial charge in [0.25, 0.3) is 0 Å². The molecule has 0 aliphatic carbocycles. The highest BCUT2D eigenvalue weighted by molar-refractivity contribution is 6.17. The van der Waals surface area contributed by atoms with Crippen LogP contribution in [0.2, 0.25) is 0 Å². The molecule has 0 N–H and O–H groups in total. The maximum Gasteiger partial charge on any atom is 0.143 e. The Bertz CT molecular complexity index is 4270. The molecule has 0 unspecified atom stereocenters. The van der Waals surface area contributed by atoms with Crippen molar-refractivity contribution in [2.75, 3.05) is 4.90 Å². The Morgan fingerprint density at radius 3 is 1.67 bits per heavy atom. The number of hydrogen-bond donors (Lipinski definition) is 0. The summed E-state index contributed by atoms with van der Waals surface area (Å²) < 4.78 is 9.26. The van der Waals surface area contributed by atoms with Crippen LogP contribution in [0, 0.1) is 0 Å². The molecule has 0 amide bonds. The van der Waals surface area contributed by atoms with Gasteiger partial charge in [-0.2, -0.15) is 0 Å². The van der Waals surface area contributed by atoms with Gasteiger partial charge in [-0.1, -0.05) is 188 Å². The van der Waals surface area contributed by atoms with Crippen molar-refractivity contribution in [1.29, 1.82) is 0 Å². The van der Waals surface area contributed by atoms with E-state index in [9.17, 15) is 0 Å². The zero-order valence-corrected chi connectivity index (χ0v) is 37.6. The van der Waals surface area contributed by atoms with E-state index in [-0.39, 0.29) is 0 Å². The number of rotatable bonds is 7. The molecular formula is C66H42N2O. The van der Waals surface area contributed by atoms with Gasteiger partial charge in [0, 0.05) is 55.1 Å². The van der Waals surface area contributed by atoms with Crippen LogP contribution in [-0.4, -0.2) is 4.57 Å². The summed E-state index contributed by atoms with van der Waals surface area (Å²) in [6.45, 7) is 0. The SMILES string of the molecule is c1cc(-c2cccc3c2oc2c4ccccc4ccc32)cc(N(c2ccc(-c3cccc(-n4c5ccccc5c5ccccc54)c3)cc2)c2ccccc2-c2ccc3c(ccc4ccccc43)c2)c1. The highest BCUT2D eigenvalue weighted by Crippen LogP contribution is 2.45. The van der Waals surface area contributed by atoms with Gasteiger partial charge in [-0.25, -0.2) is 0 Å².